The summed E-state index contributed by atoms with van der Waals surface area (Å²) in [5.74, 6) is -0.746. The second-order valence-electron chi connectivity index (χ2n) is 7.63. The van der Waals surface area contributed by atoms with Crippen LogP contribution in [0.15, 0.2) is 53.4 Å². The molecule has 2 aromatic carbocycles. The van der Waals surface area contributed by atoms with Gasteiger partial charge in [-0.15, -0.1) is 0 Å². The summed E-state index contributed by atoms with van der Waals surface area (Å²) in [6.07, 6.45) is 2.11. The Morgan fingerprint density at radius 2 is 1.36 bits per heavy atom. The minimum Gasteiger partial charge on any atom is -0.354 e. The highest BCUT2D eigenvalue weighted by Crippen LogP contribution is 2.21. The van der Waals surface area contributed by atoms with Gasteiger partial charge in [-0.25, -0.2) is 8.42 Å². The van der Waals surface area contributed by atoms with E-state index in [1.54, 1.807) is 31.2 Å². The van der Waals surface area contributed by atoms with Gasteiger partial charge < -0.3 is 16.0 Å². The predicted octanol–water partition coefficient (Wildman–Crippen LogP) is 1.98. The van der Waals surface area contributed by atoms with Gasteiger partial charge in [0.1, 0.15) is 0 Å². The van der Waals surface area contributed by atoms with E-state index in [0.717, 1.165) is 12.8 Å². The highest BCUT2D eigenvalue weighted by atomic mass is 32.2. The molecule has 10 heteroatoms. The molecule has 0 aromatic heterocycles. The van der Waals surface area contributed by atoms with Crippen molar-refractivity contribution in [3.05, 3.63) is 59.7 Å². The van der Waals surface area contributed by atoms with Crippen molar-refractivity contribution in [1.29, 1.82) is 0 Å². The lowest BCUT2D eigenvalue weighted by molar-refractivity contribution is -0.120. The molecule has 0 bridgehead atoms. The lowest BCUT2D eigenvalue weighted by Gasteiger charge is -2.15. The molecule has 0 atom stereocenters. The molecule has 9 nitrogen and oxygen atoms in total. The zero-order chi connectivity index (χ0) is 23.8. The van der Waals surface area contributed by atoms with Gasteiger partial charge in [0, 0.05) is 49.4 Å². The number of carbonyl (C=O) groups is 3. The monoisotopic (exact) mass is 472 g/mol. The third-order valence-corrected chi connectivity index (χ3v) is 7.19. The van der Waals surface area contributed by atoms with E-state index in [2.05, 4.69) is 16.0 Å². The zero-order valence-electron chi connectivity index (χ0n) is 18.5. The molecule has 176 valence electrons. The molecule has 0 unspecified atom stereocenters. The summed E-state index contributed by atoms with van der Waals surface area (Å²) in [4.78, 5) is 36.0. The lowest BCUT2D eigenvalue weighted by atomic mass is 10.1. The lowest BCUT2D eigenvalue weighted by Crippen LogP contribution is -2.34. The van der Waals surface area contributed by atoms with Crippen LogP contribution in [0.1, 0.15) is 46.9 Å². The van der Waals surface area contributed by atoms with E-state index in [-0.39, 0.29) is 22.6 Å². The quantitative estimate of drug-likeness (QED) is 0.482. The number of nitrogens with one attached hydrogen (secondary N) is 3. The fourth-order valence-electron chi connectivity index (χ4n) is 3.37. The van der Waals surface area contributed by atoms with Crippen molar-refractivity contribution in [3.63, 3.8) is 0 Å². The number of anilines is 1. The number of rotatable bonds is 9. The number of carbonyl (C=O) groups excluding carboxylic acids is 3. The van der Waals surface area contributed by atoms with Crippen LogP contribution >= 0.6 is 0 Å². The molecule has 3 rings (SSSR count). The van der Waals surface area contributed by atoms with Gasteiger partial charge in [0.2, 0.25) is 15.9 Å². The van der Waals surface area contributed by atoms with Gasteiger partial charge in [0.15, 0.2) is 0 Å². The minimum atomic E-state index is -3.52. The fraction of sp³-hybridized carbons (Fsp3) is 0.348. The first-order chi connectivity index (χ1) is 15.8. The molecule has 2 aromatic rings. The Morgan fingerprint density at radius 3 is 1.97 bits per heavy atom. The van der Waals surface area contributed by atoms with E-state index in [0.29, 0.717) is 49.4 Å². The number of hydrogen-bond acceptors (Lipinski definition) is 5. The smallest absolute Gasteiger partial charge is 0.255 e. The van der Waals surface area contributed by atoms with Crippen molar-refractivity contribution in [2.75, 3.05) is 31.5 Å². The highest BCUT2D eigenvalue weighted by molar-refractivity contribution is 7.89. The van der Waals surface area contributed by atoms with E-state index >= 15 is 0 Å². The standard InChI is InChI=1S/C23H28N4O5S/c1-2-21(28)24-13-14-25-22(29)17-5-9-19(10-6-17)26-23(30)18-7-11-20(12-8-18)33(31,32)27-15-3-4-16-27/h5-12H,2-4,13-16H2,1H3,(H,24,28)(H,25,29)(H,26,30). The SMILES string of the molecule is CCC(=O)NCCNC(=O)c1ccc(NC(=O)c2ccc(S(=O)(=O)N3CCCC3)cc2)cc1. The Balaban J connectivity index is 1.54. The minimum absolute atomic E-state index is 0.0767. The average molecular weight is 473 g/mol. The second kappa shape index (κ2) is 11.1. The topological polar surface area (TPSA) is 125 Å². The maximum absolute atomic E-state index is 12.6. The van der Waals surface area contributed by atoms with Crippen molar-refractivity contribution < 1.29 is 22.8 Å². The van der Waals surface area contributed by atoms with E-state index in [1.165, 1.54) is 28.6 Å². The maximum atomic E-state index is 12.6. The number of amides is 3. The third-order valence-electron chi connectivity index (χ3n) is 5.28. The summed E-state index contributed by atoms with van der Waals surface area (Å²) >= 11 is 0. The van der Waals surface area contributed by atoms with Crippen LogP contribution in [0.3, 0.4) is 0 Å². The van der Waals surface area contributed by atoms with E-state index in [1.807, 2.05) is 0 Å². The van der Waals surface area contributed by atoms with E-state index in [4.69, 9.17) is 0 Å². The Kier molecular flexibility index (Phi) is 8.18. The molecule has 1 heterocycles. The summed E-state index contributed by atoms with van der Waals surface area (Å²) in [5, 5.41) is 8.11. The molecule has 1 aliphatic heterocycles. The third kappa shape index (κ3) is 6.39. The Hall–Kier alpha value is -3.24. The summed E-state index contributed by atoms with van der Waals surface area (Å²) in [7, 11) is -3.52. The van der Waals surface area contributed by atoms with Gasteiger partial charge in [-0.2, -0.15) is 4.31 Å². The van der Waals surface area contributed by atoms with Crippen LogP contribution in [0.5, 0.6) is 0 Å². The van der Waals surface area contributed by atoms with Crippen LogP contribution in [-0.2, 0) is 14.8 Å². The molecule has 0 aliphatic carbocycles. The molecule has 1 aliphatic rings. The molecule has 1 saturated heterocycles. The van der Waals surface area contributed by atoms with Crippen molar-refractivity contribution in [2.24, 2.45) is 0 Å². The van der Waals surface area contributed by atoms with E-state index in [9.17, 15) is 22.8 Å². The number of benzene rings is 2. The number of sulfonamides is 1. The molecule has 0 saturated carbocycles. The molecular weight excluding hydrogens is 444 g/mol. The first-order valence-electron chi connectivity index (χ1n) is 10.9. The van der Waals surface area contributed by atoms with Gasteiger partial charge in [-0.3, -0.25) is 14.4 Å². The van der Waals surface area contributed by atoms with Crippen molar-refractivity contribution >= 4 is 33.4 Å². The Labute approximate surface area is 193 Å². The first kappa shape index (κ1) is 24.4. The van der Waals surface area contributed by atoms with Gasteiger partial charge in [0.25, 0.3) is 11.8 Å². The maximum Gasteiger partial charge on any atom is 0.255 e. The fourth-order valence-corrected chi connectivity index (χ4v) is 4.89. The predicted molar refractivity (Wildman–Crippen MR) is 124 cm³/mol. The Bertz CT molecular complexity index is 1090. The van der Waals surface area contributed by atoms with Crippen molar-refractivity contribution in [2.45, 2.75) is 31.1 Å². The summed E-state index contributed by atoms with van der Waals surface area (Å²) in [6, 6.07) is 12.2. The molecule has 3 N–H and O–H groups in total. The van der Waals surface area contributed by atoms with Gasteiger partial charge in [0.05, 0.1) is 4.90 Å². The molecular formula is C23H28N4O5S. The normalized spacial score (nSPS) is 14.0. The largest absolute Gasteiger partial charge is 0.354 e. The number of hydrogen-bond donors (Lipinski definition) is 3. The van der Waals surface area contributed by atoms with Gasteiger partial charge in [-0.05, 0) is 61.4 Å². The first-order valence-corrected chi connectivity index (χ1v) is 12.3. The Morgan fingerprint density at radius 1 is 0.818 bits per heavy atom. The average Bonchev–Trinajstić information content (AvgIpc) is 3.38. The van der Waals surface area contributed by atoms with Gasteiger partial charge >= 0.3 is 0 Å². The number of nitrogens with zero attached hydrogens (tertiary/aromatic N) is 1. The summed E-state index contributed by atoms with van der Waals surface area (Å²) < 4.78 is 26.6. The van der Waals surface area contributed by atoms with Crippen LogP contribution in [0.25, 0.3) is 0 Å². The van der Waals surface area contributed by atoms with Crippen LogP contribution in [0.2, 0.25) is 0 Å². The second-order valence-corrected chi connectivity index (χ2v) is 9.56. The molecule has 1 fully saturated rings. The van der Waals surface area contributed by atoms with Crippen LogP contribution in [0.4, 0.5) is 5.69 Å². The summed E-state index contributed by atoms with van der Waals surface area (Å²) in [5.41, 5.74) is 1.25. The molecule has 33 heavy (non-hydrogen) atoms. The van der Waals surface area contributed by atoms with E-state index < -0.39 is 10.0 Å². The zero-order valence-corrected chi connectivity index (χ0v) is 19.3. The molecule has 0 radical (unpaired) electrons. The van der Waals surface area contributed by atoms with Gasteiger partial charge in [-0.1, -0.05) is 6.92 Å². The molecule has 0 spiro atoms. The van der Waals surface area contributed by atoms with Crippen LogP contribution < -0.4 is 16.0 Å². The van der Waals surface area contributed by atoms with Crippen LogP contribution in [0, 0.1) is 0 Å². The van der Waals surface area contributed by atoms with Crippen LogP contribution in [-0.4, -0.2) is 56.6 Å². The molecule has 3 amide bonds. The summed E-state index contributed by atoms with van der Waals surface area (Å²) in [6.45, 7) is 3.46. The highest BCUT2D eigenvalue weighted by Gasteiger charge is 2.27. The van der Waals surface area contributed by atoms with Crippen molar-refractivity contribution in [3.8, 4) is 0 Å². The van der Waals surface area contributed by atoms with Crippen molar-refractivity contribution in [1.82, 2.24) is 14.9 Å².